The van der Waals surface area contributed by atoms with Gasteiger partial charge in [-0.05, 0) is 37.3 Å². The van der Waals surface area contributed by atoms with E-state index < -0.39 is 11.0 Å². The highest BCUT2D eigenvalue weighted by molar-refractivity contribution is 5.94. The number of ether oxygens (including phenoxy) is 1. The van der Waals surface area contributed by atoms with Gasteiger partial charge in [-0.2, -0.15) is 0 Å². The van der Waals surface area contributed by atoms with Crippen molar-refractivity contribution < 1.29 is 24.0 Å². The van der Waals surface area contributed by atoms with Gasteiger partial charge >= 0.3 is 5.69 Å². The van der Waals surface area contributed by atoms with Crippen LogP contribution in [-0.2, 0) is 0 Å². The van der Waals surface area contributed by atoms with Gasteiger partial charge in [0.25, 0.3) is 5.91 Å². The number of nitro groups is 1. The molecule has 0 aliphatic rings. The van der Waals surface area contributed by atoms with Crippen LogP contribution in [0.5, 0.6) is 11.5 Å². The minimum absolute atomic E-state index is 0.0138. The molecule has 0 saturated heterocycles. The molecule has 0 radical (unpaired) electrons. The number of benzene rings is 2. The van der Waals surface area contributed by atoms with E-state index in [-0.39, 0.29) is 22.9 Å². The fourth-order valence-corrected chi connectivity index (χ4v) is 2.58. The highest BCUT2D eigenvalue weighted by Crippen LogP contribution is 2.37. The van der Waals surface area contributed by atoms with Crippen molar-refractivity contribution in [2.75, 3.05) is 14.1 Å². The molecule has 0 bridgehead atoms. The molecule has 140 valence electrons. The van der Waals surface area contributed by atoms with E-state index in [4.69, 9.17) is 9.15 Å². The summed E-state index contributed by atoms with van der Waals surface area (Å²) < 4.78 is 11.1. The molecule has 1 N–H and O–H groups in total. The first-order valence-corrected chi connectivity index (χ1v) is 8.16. The molecular weight excluding hydrogens is 352 g/mol. The van der Waals surface area contributed by atoms with Crippen molar-refractivity contribution in [1.29, 1.82) is 0 Å². The number of hydrogen-bond donors (Lipinski definition) is 1. The van der Waals surface area contributed by atoms with Crippen LogP contribution in [0, 0.1) is 10.1 Å². The van der Waals surface area contributed by atoms with Gasteiger partial charge in [-0.25, -0.2) is 0 Å². The Morgan fingerprint density at radius 2 is 2.00 bits per heavy atom. The summed E-state index contributed by atoms with van der Waals surface area (Å²) in [7, 11) is 3.26. The van der Waals surface area contributed by atoms with E-state index in [0.29, 0.717) is 22.5 Å². The number of carbonyl (C=O) groups excluding carboxylic acids is 1. The number of aliphatic hydroxyl groups is 1. The molecule has 0 aliphatic heterocycles. The molecule has 0 spiro atoms. The Labute approximate surface area is 154 Å². The summed E-state index contributed by atoms with van der Waals surface area (Å²) >= 11 is 0. The highest BCUT2D eigenvalue weighted by Gasteiger charge is 2.21. The van der Waals surface area contributed by atoms with Crippen LogP contribution >= 0.6 is 0 Å². The molecule has 0 fully saturated rings. The fraction of sp³-hybridized carbons (Fsp3) is 0.211. The smallest absolute Gasteiger partial charge is 0.315 e. The van der Waals surface area contributed by atoms with Gasteiger partial charge in [-0.1, -0.05) is 6.07 Å². The average molecular weight is 370 g/mol. The molecule has 2 aromatic carbocycles. The summed E-state index contributed by atoms with van der Waals surface area (Å²) in [4.78, 5) is 24.4. The minimum atomic E-state index is -0.838. The third-order valence-corrected chi connectivity index (χ3v) is 3.94. The van der Waals surface area contributed by atoms with Crippen LogP contribution < -0.4 is 4.74 Å². The monoisotopic (exact) mass is 370 g/mol. The Morgan fingerprint density at radius 1 is 1.26 bits per heavy atom. The zero-order chi connectivity index (χ0) is 19.7. The van der Waals surface area contributed by atoms with E-state index in [1.807, 2.05) is 0 Å². The van der Waals surface area contributed by atoms with Crippen molar-refractivity contribution in [2.24, 2.45) is 0 Å². The lowest BCUT2D eigenvalue weighted by atomic mass is 10.2. The lowest BCUT2D eigenvalue weighted by Crippen LogP contribution is -2.21. The number of fused-ring (bicyclic) bond motifs is 1. The van der Waals surface area contributed by atoms with Crippen LogP contribution in [0.15, 0.2) is 46.9 Å². The molecule has 0 aliphatic carbocycles. The second kappa shape index (κ2) is 7.08. The first kappa shape index (κ1) is 18.4. The second-order valence-corrected chi connectivity index (χ2v) is 6.27. The molecule has 8 heteroatoms. The fourth-order valence-electron chi connectivity index (χ4n) is 2.58. The van der Waals surface area contributed by atoms with Gasteiger partial charge in [0, 0.05) is 25.0 Å². The maximum atomic E-state index is 12.1. The van der Waals surface area contributed by atoms with E-state index in [1.54, 1.807) is 38.4 Å². The number of furan rings is 1. The number of nitro benzene ring substituents is 1. The Bertz CT molecular complexity index is 1020. The van der Waals surface area contributed by atoms with Gasteiger partial charge in [0.15, 0.2) is 0 Å². The summed E-state index contributed by atoms with van der Waals surface area (Å²) in [5.41, 5.74) is 0.403. The van der Waals surface area contributed by atoms with E-state index in [2.05, 4.69) is 0 Å². The molecule has 1 aromatic heterocycles. The molecular formula is C19H18N2O6. The largest absolute Gasteiger partial charge is 0.458 e. The van der Waals surface area contributed by atoms with Crippen molar-refractivity contribution >= 4 is 22.6 Å². The maximum absolute atomic E-state index is 12.1. The Morgan fingerprint density at radius 3 is 2.63 bits per heavy atom. The molecule has 3 aromatic rings. The van der Waals surface area contributed by atoms with E-state index >= 15 is 0 Å². The molecule has 1 atom stereocenters. The van der Waals surface area contributed by atoms with Crippen LogP contribution in [0.2, 0.25) is 0 Å². The SMILES string of the molecule is CC(O)c1cc2cc(Oc3cccc(C(=O)N(C)C)c3)c([N+](=O)[O-])cc2o1. The summed E-state index contributed by atoms with van der Waals surface area (Å²) in [6, 6.07) is 10.7. The molecule has 8 nitrogen and oxygen atoms in total. The number of hydrogen-bond acceptors (Lipinski definition) is 6. The molecule has 1 amide bonds. The second-order valence-electron chi connectivity index (χ2n) is 6.27. The highest BCUT2D eigenvalue weighted by atomic mass is 16.6. The number of amides is 1. The zero-order valence-corrected chi connectivity index (χ0v) is 15.0. The topological polar surface area (TPSA) is 106 Å². The first-order chi connectivity index (χ1) is 12.8. The van der Waals surface area contributed by atoms with Crippen molar-refractivity contribution in [2.45, 2.75) is 13.0 Å². The normalized spacial score (nSPS) is 12.0. The molecule has 1 heterocycles. The minimum Gasteiger partial charge on any atom is -0.458 e. The summed E-state index contributed by atoms with van der Waals surface area (Å²) in [6.07, 6.45) is -0.838. The number of carbonyl (C=O) groups is 1. The number of rotatable bonds is 5. The van der Waals surface area contributed by atoms with Gasteiger partial charge in [0.05, 0.1) is 11.0 Å². The first-order valence-electron chi connectivity index (χ1n) is 8.16. The van der Waals surface area contributed by atoms with Crippen molar-refractivity contribution in [3.05, 3.63) is 63.9 Å². The number of nitrogens with zero attached hydrogens (tertiary/aromatic N) is 2. The summed E-state index contributed by atoms with van der Waals surface area (Å²) in [6.45, 7) is 1.54. The van der Waals surface area contributed by atoms with Crippen LogP contribution in [0.3, 0.4) is 0 Å². The Hall–Kier alpha value is -3.39. The zero-order valence-electron chi connectivity index (χ0n) is 15.0. The molecule has 0 saturated carbocycles. The van der Waals surface area contributed by atoms with Gasteiger partial charge in [0.2, 0.25) is 5.75 Å². The van der Waals surface area contributed by atoms with Crippen LogP contribution in [0.4, 0.5) is 5.69 Å². The third kappa shape index (κ3) is 3.75. The van der Waals surface area contributed by atoms with Crippen molar-refractivity contribution in [1.82, 2.24) is 4.90 Å². The van der Waals surface area contributed by atoms with Crippen LogP contribution in [0.25, 0.3) is 11.0 Å². The predicted molar refractivity (Wildman–Crippen MR) is 98.0 cm³/mol. The summed E-state index contributed by atoms with van der Waals surface area (Å²) in [5, 5.41) is 21.6. The van der Waals surface area contributed by atoms with Crippen molar-refractivity contribution in [3.8, 4) is 11.5 Å². The molecule has 27 heavy (non-hydrogen) atoms. The van der Waals surface area contributed by atoms with Crippen LogP contribution in [0.1, 0.15) is 29.1 Å². The van der Waals surface area contributed by atoms with Crippen LogP contribution in [-0.4, -0.2) is 34.9 Å². The van der Waals surface area contributed by atoms with E-state index in [0.717, 1.165) is 0 Å². The quantitative estimate of drug-likeness (QED) is 0.539. The van der Waals surface area contributed by atoms with Gasteiger partial charge in [0.1, 0.15) is 23.2 Å². The van der Waals surface area contributed by atoms with Gasteiger partial charge in [-0.15, -0.1) is 0 Å². The van der Waals surface area contributed by atoms with E-state index in [1.165, 1.54) is 30.0 Å². The average Bonchev–Trinajstić information content (AvgIpc) is 3.03. The third-order valence-electron chi connectivity index (χ3n) is 3.94. The van der Waals surface area contributed by atoms with Gasteiger partial charge < -0.3 is 19.2 Å². The lowest BCUT2D eigenvalue weighted by molar-refractivity contribution is -0.385. The standard InChI is InChI=1S/C19H18N2O6/c1-11(22)16-8-13-9-18(15(21(24)25)10-17(13)27-16)26-14-6-4-5-12(7-14)19(23)20(2)3/h4-11,22H,1-3H3. The molecule has 1 unspecified atom stereocenters. The molecule has 3 rings (SSSR count). The lowest BCUT2D eigenvalue weighted by Gasteiger charge is -2.12. The van der Waals surface area contributed by atoms with Gasteiger partial charge in [-0.3, -0.25) is 14.9 Å². The Kier molecular flexibility index (Phi) is 4.83. The summed E-state index contributed by atoms with van der Waals surface area (Å²) in [5.74, 6) is 0.404. The predicted octanol–water partition coefficient (Wildman–Crippen LogP) is 3.89. The Balaban J connectivity index is 2.03. The van der Waals surface area contributed by atoms with Crippen molar-refractivity contribution in [3.63, 3.8) is 0 Å². The number of aliphatic hydroxyl groups excluding tert-OH is 1. The van der Waals surface area contributed by atoms with E-state index in [9.17, 15) is 20.0 Å². The maximum Gasteiger partial charge on any atom is 0.315 e.